The molecule has 0 fully saturated rings. The van der Waals surface area contributed by atoms with E-state index in [1.165, 1.54) is 96.3 Å². The minimum Gasteiger partial charge on any atom is -0.412 e. The first-order valence-corrected chi connectivity index (χ1v) is 11.2. The molecule has 0 saturated carbocycles. The van der Waals surface area contributed by atoms with Gasteiger partial charge in [0.15, 0.2) is 0 Å². The molecule has 4 nitrogen and oxygen atoms in total. The molecule has 0 aromatic heterocycles. The van der Waals surface area contributed by atoms with Crippen molar-refractivity contribution < 1.29 is 15.4 Å². The lowest BCUT2D eigenvalue weighted by Gasteiger charge is -2.04. The molecule has 0 atom stereocenters. The Bertz CT molecular complexity index is 272. The van der Waals surface area contributed by atoms with Crippen molar-refractivity contribution in [1.29, 1.82) is 0 Å². The van der Waals surface area contributed by atoms with Gasteiger partial charge in [-0.3, -0.25) is 4.79 Å². The maximum Gasteiger partial charge on any atom is 0.220 e. The Kier molecular flexibility index (Phi) is 25.9. The molecular weight excluding hydrogens is 326 g/mol. The van der Waals surface area contributed by atoms with Gasteiger partial charge in [0.05, 0.1) is 6.61 Å². The maximum absolute atomic E-state index is 11.3. The predicted octanol–water partition coefficient (Wildman–Crippen LogP) is 5.31. The van der Waals surface area contributed by atoms with E-state index in [-0.39, 0.29) is 18.0 Å². The molecule has 0 aromatic carbocycles. The molecule has 0 unspecified atom stereocenters. The van der Waals surface area contributed by atoms with Gasteiger partial charge >= 0.3 is 0 Å². The number of carbonyl (C=O) groups is 1. The number of aliphatic hydroxyl groups is 1. The number of hydrogen-bond donors (Lipinski definition) is 2. The van der Waals surface area contributed by atoms with E-state index in [1.807, 2.05) is 0 Å². The molecule has 0 aromatic rings. The Morgan fingerprint density at radius 3 is 1.35 bits per heavy atom. The van der Waals surface area contributed by atoms with Crippen molar-refractivity contribution in [2.24, 2.45) is 0 Å². The van der Waals surface area contributed by atoms with Crippen LogP contribution in [0.4, 0.5) is 0 Å². The highest BCUT2D eigenvalue weighted by Gasteiger charge is 1.99. The van der Waals surface area contributed by atoms with Crippen LogP contribution in [-0.4, -0.2) is 29.6 Å². The molecule has 0 aliphatic rings. The predicted molar refractivity (Wildman–Crippen MR) is 112 cm³/mol. The first kappa shape index (κ1) is 27.6. The first-order valence-electron chi connectivity index (χ1n) is 11.2. The largest absolute Gasteiger partial charge is 0.412 e. The molecule has 0 heterocycles. The summed E-state index contributed by atoms with van der Waals surface area (Å²) >= 11 is 0. The normalized spacial score (nSPS) is 10.5. The number of hydrogen-bond acceptors (Lipinski definition) is 2. The average Bonchev–Trinajstić information content (AvgIpc) is 2.62. The van der Waals surface area contributed by atoms with E-state index in [1.54, 1.807) is 0 Å². The van der Waals surface area contributed by atoms with E-state index >= 15 is 0 Å². The Balaban J connectivity index is 0. The third kappa shape index (κ3) is 23.4. The Morgan fingerprint density at radius 2 is 1.00 bits per heavy atom. The van der Waals surface area contributed by atoms with E-state index < -0.39 is 0 Å². The van der Waals surface area contributed by atoms with Crippen molar-refractivity contribution in [2.45, 2.75) is 122 Å². The minimum absolute atomic E-state index is 0. The second kappa shape index (κ2) is 24.4. The fourth-order valence-corrected chi connectivity index (χ4v) is 3.29. The minimum atomic E-state index is 0. The number of nitrogens with one attached hydrogen (secondary N) is 1. The van der Waals surface area contributed by atoms with Crippen molar-refractivity contribution in [3.8, 4) is 0 Å². The quantitative estimate of drug-likeness (QED) is 0.283. The van der Waals surface area contributed by atoms with E-state index in [2.05, 4.69) is 12.2 Å². The standard InChI is InChI=1S/C22H45NO2.H2O/c1-2-3-4-5-6-7-8-9-10-11-12-13-14-15-16-17-18-19-22(25)23-20-21-24;/h24H,2-21H2,1H3,(H,23,25);1H2. The number of aliphatic hydroxyl groups excluding tert-OH is 1. The van der Waals surface area contributed by atoms with Crippen molar-refractivity contribution in [3.05, 3.63) is 0 Å². The molecule has 1 amide bonds. The average molecular weight is 374 g/mol. The van der Waals surface area contributed by atoms with Gasteiger partial charge in [-0.2, -0.15) is 0 Å². The lowest BCUT2D eigenvalue weighted by molar-refractivity contribution is -0.121. The van der Waals surface area contributed by atoms with Crippen LogP contribution in [0.3, 0.4) is 0 Å². The van der Waals surface area contributed by atoms with Crippen LogP contribution in [0.2, 0.25) is 0 Å². The van der Waals surface area contributed by atoms with Gasteiger partial charge in [0.25, 0.3) is 0 Å². The SMILES string of the molecule is CCCCCCCCCCCCCCCCCCCC(=O)NCCO.O. The number of rotatable bonds is 20. The number of carbonyl (C=O) groups excluding carboxylic acids is 1. The third-order valence-electron chi connectivity index (χ3n) is 4.94. The van der Waals surface area contributed by atoms with E-state index in [9.17, 15) is 4.79 Å². The van der Waals surface area contributed by atoms with Crippen LogP contribution in [0.15, 0.2) is 0 Å². The maximum atomic E-state index is 11.3. The summed E-state index contributed by atoms with van der Waals surface area (Å²) < 4.78 is 0. The second-order valence-corrected chi connectivity index (χ2v) is 7.48. The highest BCUT2D eigenvalue weighted by Crippen LogP contribution is 2.14. The number of amides is 1. The molecule has 26 heavy (non-hydrogen) atoms. The summed E-state index contributed by atoms with van der Waals surface area (Å²) in [6, 6.07) is 0. The molecule has 0 aliphatic carbocycles. The number of unbranched alkanes of at least 4 members (excludes halogenated alkanes) is 16. The lowest BCUT2D eigenvalue weighted by Crippen LogP contribution is -2.25. The monoisotopic (exact) mass is 373 g/mol. The van der Waals surface area contributed by atoms with Gasteiger partial charge in [-0.1, -0.05) is 110 Å². The highest BCUT2D eigenvalue weighted by atomic mass is 16.3. The summed E-state index contributed by atoms with van der Waals surface area (Å²) in [7, 11) is 0. The molecule has 4 heteroatoms. The highest BCUT2D eigenvalue weighted by molar-refractivity contribution is 5.75. The van der Waals surface area contributed by atoms with Gasteiger partial charge in [0.2, 0.25) is 5.91 Å². The van der Waals surface area contributed by atoms with E-state index in [4.69, 9.17) is 5.11 Å². The lowest BCUT2D eigenvalue weighted by atomic mass is 10.0. The van der Waals surface area contributed by atoms with Gasteiger partial charge in [-0.25, -0.2) is 0 Å². The van der Waals surface area contributed by atoms with Crippen LogP contribution in [0, 0.1) is 0 Å². The molecule has 0 radical (unpaired) electrons. The van der Waals surface area contributed by atoms with Gasteiger partial charge < -0.3 is 15.9 Å². The summed E-state index contributed by atoms with van der Waals surface area (Å²) in [4.78, 5) is 11.3. The Labute approximate surface area is 162 Å². The van der Waals surface area contributed by atoms with Crippen molar-refractivity contribution in [2.75, 3.05) is 13.2 Å². The molecule has 0 bridgehead atoms. The smallest absolute Gasteiger partial charge is 0.220 e. The zero-order valence-electron chi connectivity index (χ0n) is 17.5. The van der Waals surface area contributed by atoms with Crippen LogP contribution >= 0.6 is 0 Å². The van der Waals surface area contributed by atoms with Gasteiger partial charge in [0.1, 0.15) is 0 Å². The van der Waals surface area contributed by atoms with Gasteiger partial charge in [0, 0.05) is 13.0 Å². The molecular formula is C22H47NO3. The first-order chi connectivity index (χ1) is 12.3. The summed E-state index contributed by atoms with van der Waals surface area (Å²) in [5, 5.41) is 11.3. The van der Waals surface area contributed by atoms with E-state index in [0.29, 0.717) is 13.0 Å². The molecule has 0 aliphatic heterocycles. The topological polar surface area (TPSA) is 80.8 Å². The molecule has 0 rings (SSSR count). The van der Waals surface area contributed by atoms with Crippen molar-refractivity contribution in [1.82, 2.24) is 5.32 Å². The molecule has 0 saturated heterocycles. The zero-order valence-corrected chi connectivity index (χ0v) is 17.5. The van der Waals surface area contributed by atoms with Crippen molar-refractivity contribution >= 4 is 5.91 Å². The summed E-state index contributed by atoms with van der Waals surface area (Å²) in [5.41, 5.74) is 0. The van der Waals surface area contributed by atoms with Crippen LogP contribution in [0.1, 0.15) is 122 Å². The van der Waals surface area contributed by atoms with Crippen LogP contribution in [-0.2, 0) is 4.79 Å². The summed E-state index contributed by atoms with van der Waals surface area (Å²) in [6.45, 7) is 2.70. The summed E-state index contributed by atoms with van der Waals surface area (Å²) in [6.07, 6.45) is 23.7. The van der Waals surface area contributed by atoms with Crippen LogP contribution < -0.4 is 5.32 Å². The molecule has 4 N–H and O–H groups in total. The van der Waals surface area contributed by atoms with Crippen LogP contribution in [0.25, 0.3) is 0 Å². The van der Waals surface area contributed by atoms with Gasteiger partial charge in [-0.05, 0) is 6.42 Å². The fourth-order valence-electron chi connectivity index (χ4n) is 3.29. The molecule has 0 spiro atoms. The third-order valence-corrected chi connectivity index (χ3v) is 4.94. The second-order valence-electron chi connectivity index (χ2n) is 7.48. The summed E-state index contributed by atoms with van der Waals surface area (Å²) in [5.74, 6) is 0.0787. The Morgan fingerprint density at radius 1 is 0.654 bits per heavy atom. The Hall–Kier alpha value is -0.610. The molecule has 158 valence electrons. The van der Waals surface area contributed by atoms with Gasteiger partial charge in [-0.15, -0.1) is 0 Å². The van der Waals surface area contributed by atoms with Crippen LogP contribution in [0.5, 0.6) is 0 Å². The van der Waals surface area contributed by atoms with E-state index in [0.717, 1.165) is 12.8 Å². The zero-order chi connectivity index (χ0) is 18.4. The fraction of sp³-hybridized carbons (Fsp3) is 0.955. The van der Waals surface area contributed by atoms with Crippen molar-refractivity contribution in [3.63, 3.8) is 0 Å².